The van der Waals surface area contributed by atoms with Crippen LogP contribution in [-0.2, 0) is 25.0 Å². The third kappa shape index (κ3) is 6.84. The number of carbonyl (C=O) groups is 1. The fourth-order valence-corrected chi connectivity index (χ4v) is 5.22. The molecule has 0 saturated carbocycles. The third-order valence-corrected chi connectivity index (χ3v) is 7.23. The number of rotatable bonds is 11. The summed E-state index contributed by atoms with van der Waals surface area (Å²) < 4.78 is 36.5. The Labute approximate surface area is 204 Å². The summed E-state index contributed by atoms with van der Waals surface area (Å²) in [6.07, 6.45) is -0.809. The van der Waals surface area contributed by atoms with E-state index in [0.29, 0.717) is 22.0 Å². The highest BCUT2D eigenvalue weighted by Crippen LogP contribution is 2.62. The van der Waals surface area contributed by atoms with Gasteiger partial charge in [-0.15, -0.1) is 0 Å². The summed E-state index contributed by atoms with van der Waals surface area (Å²) in [6, 6.07) is 22.9. The number of hydrogen-bond acceptors (Lipinski definition) is 6. The predicted octanol–water partition coefficient (Wildman–Crippen LogP) is 7.43. The first kappa shape index (κ1) is 25.8. The molecule has 1 unspecified atom stereocenters. The van der Waals surface area contributed by atoms with E-state index < -0.39 is 19.5 Å². The molecule has 3 aromatic carbocycles. The van der Waals surface area contributed by atoms with Crippen LogP contribution < -0.4 is 10.1 Å². The summed E-state index contributed by atoms with van der Waals surface area (Å²) in [4.78, 5) is 12.8. The Kier molecular flexibility index (Phi) is 9.54. The zero-order valence-electron chi connectivity index (χ0n) is 19.0. The first-order valence-electron chi connectivity index (χ1n) is 10.8. The SMILES string of the molecule is CCOP(=O)(OCC)C(OC(=O)Nc1ccccc1)c1ccccc1OCc1ccccc1Cl. The topological polar surface area (TPSA) is 83.1 Å². The van der Waals surface area contributed by atoms with Gasteiger partial charge in [0.1, 0.15) is 12.4 Å². The Morgan fingerprint density at radius 1 is 0.912 bits per heavy atom. The second-order valence-corrected chi connectivity index (χ2v) is 9.51. The van der Waals surface area contributed by atoms with Crippen molar-refractivity contribution in [2.45, 2.75) is 26.3 Å². The monoisotopic (exact) mass is 503 g/mol. The number of nitrogens with one attached hydrogen (secondary N) is 1. The maximum Gasteiger partial charge on any atom is 0.412 e. The van der Waals surface area contributed by atoms with Gasteiger partial charge in [0.05, 0.1) is 13.2 Å². The van der Waals surface area contributed by atoms with Crippen LogP contribution in [0.2, 0.25) is 5.02 Å². The Hall–Kier alpha value is -2.83. The molecule has 3 aromatic rings. The molecule has 0 saturated heterocycles. The van der Waals surface area contributed by atoms with E-state index in [1.165, 1.54) is 0 Å². The Bertz CT molecular complexity index is 1120. The molecule has 9 heteroatoms. The lowest BCUT2D eigenvalue weighted by Crippen LogP contribution is -2.20. The van der Waals surface area contributed by atoms with E-state index in [9.17, 15) is 9.36 Å². The van der Waals surface area contributed by atoms with Gasteiger partial charge in [-0.3, -0.25) is 9.88 Å². The number of para-hydroxylation sites is 2. The van der Waals surface area contributed by atoms with Gasteiger partial charge < -0.3 is 18.5 Å². The highest BCUT2D eigenvalue weighted by Gasteiger charge is 2.42. The van der Waals surface area contributed by atoms with Crippen molar-refractivity contribution in [3.05, 3.63) is 95.0 Å². The minimum absolute atomic E-state index is 0.0973. The number of amides is 1. The van der Waals surface area contributed by atoms with Crippen LogP contribution in [0.1, 0.15) is 30.8 Å². The average molecular weight is 504 g/mol. The fourth-order valence-electron chi connectivity index (χ4n) is 3.19. The van der Waals surface area contributed by atoms with Crippen LogP contribution in [0.15, 0.2) is 78.9 Å². The summed E-state index contributed by atoms with van der Waals surface area (Å²) in [5, 5.41) is 3.19. The Balaban J connectivity index is 1.93. The van der Waals surface area contributed by atoms with Crippen LogP contribution in [0.4, 0.5) is 10.5 Å². The van der Waals surface area contributed by atoms with Gasteiger partial charge in [-0.2, -0.15) is 0 Å². The average Bonchev–Trinajstić information content (AvgIpc) is 2.83. The highest BCUT2D eigenvalue weighted by molar-refractivity contribution is 7.54. The molecule has 0 aliphatic carbocycles. The van der Waals surface area contributed by atoms with Crippen LogP contribution in [0, 0.1) is 0 Å². The molecule has 0 aromatic heterocycles. The van der Waals surface area contributed by atoms with Crippen molar-refractivity contribution in [3.8, 4) is 5.75 Å². The second-order valence-electron chi connectivity index (χ2n) is 7.04. The van der Waals surface area contributed by atoms with Crippen molar-refractivity contribution in [1.82, 2.24) is 0 Å². The van der Waals surface area contributed by atoms with Gasteiger partial charge in [-0.05, 0) is 38.1 Å². The van der Waals surface area contributed by atoms with Crippen molar-refractivity contribution in [2.24, 2.45) is 0 Å². The van der Waals surface area contributed by atoms with Gasteiger partial charge in [0.25, 0.3) is 0 Å². The van der Waals surface area contributed by atoms with Crippen molar-refractivity contribution in [2.75, 3.05) is 18.5 Å². The van der Waals surface area contributed by atoms with E-state index in [0.717, 1.165) is 5.56 Å². The molecule has 0 radical (unpaired) electrons. The van der Waals surface area contributed by atoms with E-state index in [2.05, 4.69) is 5.32 Å². The molecule has 180 valence electrons. The van der Waals surface area contributed by atoms with Crippen molar-refractivity contribution in [1.29, 1.82) is 0 Å². The fraction of sp³-hybridized carbons (Fsp3) is 0.240. The van der Waals surface area contributed by atoms with Gasteiger partial charge in [-0.25, -0.2) is 4.79 Å². The maximum absolute atomic E-state index is 13.8. The van der Waals surface area contributed by atoms with Gasteiger partial charge in [-0.1, -0.05) is 66.2 Å². The smallest absolute Gasteiger partial charge is 0.412 e. The molecular weight excluding hydrogens is 477 g/mol. The van der Waals surface area contributed by atoms with Crippen molar-refractivity contribution < 1.29 is 27.9 Å². The summed E-state index contributed by atoms with van der Waals surface area (Å²) >= 11 is 6.25. The summed E-state index contributed by atoms with van der Waals surface area (Å²) in [7, 11) is -3.93. The molecule has 3 rings (SSSR count). The zero-order valence-corrected chi connectivity index (χ0v) is 20.6. The van der Waals surface area contributed by atoms with Gasteiger partial charge in [0, 0.05) is 21.8 Å². The lowest BCUT2D eigenvalue weighted by molar-refractivity contribution is 0.111. The molecule has 0 aliphatic heterocycles. The zero-order chi connectivity index (χ0) is 24.4. The molecule has 1 atom stereocenters. The van der Waals surface area contributed by atoms with E-state index in [1.54, 1.807) is 68.4 Å². The van der Waals surface area contributed by atoms with Gasteiger partial charge in [0.2, 0.25) is 5.85 Å². The number of halogens is 1. The summed E-state index contributed by atoms with van der Waals surface area (Å²) in [5.41, 5.74) is 1.65. The van der Waals surface area contributed by atoms with Crippen LogP contribution in [0.5, 0.6) is 5.75 Å². The maximum atomic E-state index is 13.8. The minimum Gasteiger partial charge on any atom is -0.488 e. The van der Waals surface area contributed by atoms with E-state index >= 15 is 0 Å². The predicted molar refractivity (Wildman–Crippen MR) is 132 cm³/mol. The lowest BCUT2D eigenvalue weighted by atomic mass is 10.2. The van der Waals surface area contributed by atoms with Crippen LogP contribution in [-0.4, -0.2) is 19.3 Å². The molecule has 0 aliphatic rings. The van der Waals surface area contributed by atoms with Crippen molar-refractivity contribution in [3.63, 3.8) is 0 Å². The van der Waals surface area contributed by atoms with Crippen molar-refractivity contribution >= 4 is 31.0 Å². The lowest BCUT2D eigenvalue weighted by Gasteiger charge is -2.27. The van der Waals surface area contributed by atoms with Crippen LogP contribution in [0.3, 0.4) is 0 Å². The normalized spacial score (nSPS) is 12.1. The molecule has 1 N–H and O–H groups in total. The Morgan fingerprint density at radius 3 is 2.21 bits per heavy atom. The Morgan fingerprint density at radius 2 is 1.53 bits per heavy atom. The summed E-state index contributed by atoms with van der Waals surface area (Å²) in [5.74, 6) is -1.00. The first-order chi connectivity index (χ1) is 16.5. The van der Waals surface area contributed by atoms with Crippen LogP contribution >= 0.6 is 19.2 Å². The number of benzene rings is 3. The molecule has 0 fully saturated rings. The third-order valence-electron chi connectivity index (χ3n) is 4.67. The molecule has 1 amide bonds. The highest BCUT2D eigenvalue weighted by atomic mass is 35.5. The molecule has 34 heavy (non-hydrogen) atoms. The van der Waals surface area contributed by atoms with Gasteiger partial charge in [0.15, 0.2) is 0 Å². The van der Waals surface area contributed by atoms with Crippen LogP contribution in [0.25, 0.3) is 0 Å². The minimum atomic E-state index is -3.93. The van der Waals surface area contributed by atoms with Gasteiger partial charge >= 0.3 is 13.7 Å². The molecular formula is C25H27ClNO6P. The standard InChI is InChI=1S/C25H27ClNO6P/c1-3-31-34(29,32-4-2)24(33-25(28)27-20-13-6-5-7-14-20)21-15-9-11-17-23(21)30-18-19-12-8-10-16-22(19)26/h5-17,24H,3-4,18H2,1-2H3,(H,27,28). The number of carbonyl (C=O) groups excluding carboxylic acids is 1. The number of anilines is 1. The van der Waals surface area contributed by atoms with E-state index in [-0.39, 0.29) is 19.8 Å². The number of ether oxygens (including phenoxy) is 2. The van der Waals surface area contributed by atoms with E-state index in [1.807, 2.05) is 24.3 Å². The molecule has 0 bridgehead atoms. The second kappa shape index (κ2) is 12.6. The summed E-state index contributed by atoms with van der Waals surface area (Å²) in [6.45, 7) is 3.73. The molecule has 7 nitrogen and oxygen atoms in total. The van der Waals surface area contributed by atoms with E-state index in [4.69, 9.17) is 30.1 Å². The molecule has 0 spiro atoms. The first-order valence-corrected chi connectivity index (χ1v) is 12.8. The quantitative estimate of drug-likeness (QED) is 0.274. The largest absolute Gasteiger partial charge is 0.488 e. The number of hydrogen-bond donors (Lipinski definition) is 1. The molecule has 0 heterocycles.